The van der Waals surface area contributed by atoms with Gasteiger partial charge in [0.05, 0.1) is 0 Å². The predicted molar refractivity (Wildman–Crippen MR) is 86.8 cm³/mol. The molecule has 0 aliphatic carbocycles. The summed E-state index contributed by atoms with van der Waals surface area (Å²) in [6.07, 6.45) is 2.82. The molecule has 2 aromatic rings. The monoisotopic (exact) mass is 296 g/mol. The molecule has 1 unspecified atom stereocenters. The second kappa shape index (κ2) is 7.59. The molecule has 18 heavy (non-hydrogen) atoms. The molecule has 0 saturated heterocycles. The average molecular weight is 297 g/mol. The van der Waals surface area contributed by atoms with Gasteiger partial charge >= 0.3 is 0 Å². The lowest BCUT2D eigenvalue weighted by Gasteiger charge is -2.11. The molecule has 3 heteroatoms. The summed E-state index contributed by atoms with van der Waals surface area (Å²) >= 11 is 6.02. The molecule has 0 spiro atoms. The van der Waals surface area contributed by atoms with Gasteiger partial charge in [0.25, 0.3) is 0 Å². The Kier molecular flexibility index (Phi) is 6.43. The van der Waals surface area contributed by atoms with E-state index in [2.05, 4.69) is 49.0 Å². The Balaban J connectivity index is 0.00000162. The van der Waals surface area contributed by atoms with E-state index in [4.69, 9.17) is 11.2 Å². The minimum absolute atomic E-state index is 0. The molecule has 1 atom stereocenters. The van der Waals surface area contributed by atoms with Crippen LogP contribution in [0.3, 0.4) is 0 Å². The fourth-order valence-electron chi connectivity index (χ4n) is 1.92. The Labute approximate surface area is 121 Å². The summed E-state index contributed by atoms with van der Waals surface area (Å²) in [7, 11) is 0.299. The Morgan fingerprint density at radius 3 is 2.28 bits per heavy atom. The van der Waals surface area contributed by atoms with E-state index in [1.807, 2.05) is 12.1 Å². The van der Waals surface area contributed by atoms with Gasteiger partial charge in [-0.15, -0.1) is 19.0 Å². The maximum absolute atomic E-state index is 6.02. The molecule has 0 N–H and O–H groups in total. The van der Waals surface area contributed by atoms with E-state index in [0.717, 1.165) is 6.42 Å². The van der Waals surface area contributed by atoms with E-state index >= 15 is 0 Å². The largest absolute Gasteiger partial charge is 0.147 e. The summed E-state index contributed by atoms with van der Waals surface area (Å²) in [5.74, 6) is 0. The molecular weight excluding hydrogens is 282 g/mol. The highest BCUT2D eigenvalue weighted by atomic mass is 35.7. The van der Waals surface area contributed by atoms with E-state index in [1.54, 1.807) is 0 Å². The third kappa shape index (κ3) is 3.36. The van der Waals surface area contributed by atoms with Gasteiger partial charge in [0, 0.05) is 7.93 Å². The zero-order valence-corrected chi connectivity index (χ0v) is 12.5. The third-order valence-electron chi connectivity index (χ3n) is 2.70. The maximum Gasteiger partial charge on any atom is 0.00723 e. The van der Waals surface area contributed by atoms with Gasteiger partial charge in [0.2, 0.25) is 0 Å². The second-order valence-electron chi connectivity index (χ2n) is 3.79. The third-order valence-corrected chi connectivity index (χ3v) is 3.95. The summed E-state index contributed by atoms with van der Waals surface area (Å²) in [5.41, 5.74) is 3.79. The summed E-state index contributed by atoms with van der Waals surface area (Å²) < 4.78 is 0. The van der Waals surface area contributed by atoms with Crippen molar-refractivity contribution in [2.24, 2.45) is 0 Å². The van der Waals surface area contributed by atoms with Crippen molar-refractivity contribution in [3.05, 3.63) is 66.7 Å². The van der Waals surface area contributed by atoms with Crippen molar-refractivity contribution in [2.75, 3.05) is 0 Å². The van der Waals surface area contributed by atoms with Crippen LogP contribution in [0, 0.1) is 0 Å². The molecule has 0 fully saturated rings. The zero-order chi connectivity index (χ0) is 12.1. The molecule has 2 aromatic carbocycles. The number of benzene rings is 2. The fraction of sp³-hybridized carbons (Fsp3) is 0.0667. The summed E-state index contributed by atoms with van der Waals surface area (Å²) in [6.45, 7) is 3.81. The van der Waals surface area contributed by atoms with Crippen molar-refractivity contribution in [3.8, 4) is 11.1 Å². The molecule has 0 amide bonds. The predicted octanol–water partition coefficient (Wildman–Crippen LogP) is 4.96. The Morgan fingerprint density at radius 1 is 1.00 bits per heavy atom. The summed E-state index contributed by atoms with van der Waals surface area (Å²) in [6, 6.07) is 16.7. The Bertz CT molecular complexity index is 523. The van der Waals surface area contributed by atoms with E-state index < -0.39 is 0 Å². The van der Waals surface area contributed by atoms with Crippen LogP contribution in [-0.2, 0) is 6.42 Å². The molecular formula is C15H15Cl2P. The lowest BCUT2D eigenvalue weighted by Crippen LogP contribution is -1.99. The number of halogens is 2. The van der Waals surface area contributed by atoms with Crippen LogP contribution in [0.4, 0.5) is 0 Å². The quantitative estimate of drug-likeness (QED) is 0.552. The van der Waals surface area contributed by atoms with Crippen LogP contribution in [0.25, 0.3) is 11.1 Å². The Hall–Kier alpha value is -0.810. The van der Waals surface area contributed by atoms with Gasteiger partial charge in [0.15, 0.2) is 0 Å². The first kappa shape index (κ1) is 15.2. The SMILES string of the molecule is C=CCc1ccccc1-c1ccccc1PCl.Cl. The molecule has 94 valence electrons. The average Bonchev–Trinajstić information content (AvgIpc) is 2.40. The normalized spacial score (nSPS) is 10.3. The van der Waals surface area contributed by atoms with Crippen molar-refractivity contribution in [1.82, 2.24) is 0 Å². The molecule has 0 nitrogen and oxygen atoms in total. The van der Waals surface area contributed by atoms with Crippen molar-refractivity contribution in [2.45, 2.75) is 6.42 Å². The van der Waals surface area contributed by atoms with Crippen molar-refractivity contribution in [1.29, 1.82) is 0 Å². The molecule has 0 aliphatic rings. The standard InChI is InChI=1S/C15H14ClP.ClH/c1-2-7-12-8-3-4-9-13(12)14-10-5-6-11-15(14)17-16;/h2-6,8-11,17H,1,7H2;1H. The minimum atomic E-state index is 0. The molecule has 0 bridgehead atoms. The lowest BCUT2D eigenvalue weighted by atomic mass is 9.98. The highest BCUT2D eigenvalue weighted by Gasteiger charge is 2.07. The molecule has 0 saturated carbocycles. The van der Waals surface area contributed by atoms with Gasteiger partial charge in [-0.05, 0) is 28.4 Å². The van der Waals surface area contributed by atoms with Gasteiger partial charge in [-0.1, -0.05) is 65.8 Å². The number of hydrogen-bond acceptors (Lipinski definition) is 0. The maximum atomic E-state index is 6.02. The fourth-order valence-corrected chi connectivity index (χ4v) is 2.89. The van der Waals surface area contributed by atoms with E-state index in [-0.39, 0.29) is 12.4 Å². The highest BCUT2D eigenvalue weighted by molar-refractivity contribution is 7.75. The van der Waals surface area contributed by atoms with Crippen LogP contribution in [0.15, 0.2) is 61.2 Å². The molecule has 0 heterocycles. The first-order valence-corrected chi connectivity index (χ1v) is 7.53. The van der Waals surface area contributed by atoms with Crippen LogP contribution in [0.1, 0.15) is 5.56 Å². The van der Waals surface area contributed by atoms with Gasteiger partial charge in [0.1, 0.15) is 0 Å². The number of rotatable bonds is 4. The second-order valence-corrected chi connectivity index (χ2v) is 5.08. The van der Waals surface area contributed by atoms with E-state index in [0.29, 0.717) is 7.93 Å². The first-order valence-electron chi connectivity index (χ1n) is 5.51. The van der Waals surface area contributed by atoms with Crippen LogP contribution >= 0.6 is 31.6 Å². The Morgan fingerprint density at radius 2 is 1.61 bits per heavy atom. The van der Waals surface area contributed by atoms with Crippen molar-refractivity contribution < 1.29 is 0 Å². The van der Waals surface area contributed by atoms with Crippen LogP contribution in [-0.4, -0.2) is 0 Å². The number of hydrogen-bond donors (Lipinski definition) is 0. The van der Waals surface area contributed by atoms with Crippen LogP contribution in [0.2, 0.25) is 0 Å². The van der Waals surface area contributed by atoms with Crippen LogP contribution < -0.4 is 5.30 Å². The van der Waals surface area contributed by atoms with Gasteiger partial charge in [-0.2, -0.15) is 0 Å². The van der Waals surface area contributed by atoms with Gasteiger partial charge in [-0.25, -0.2) is 0 Å². The molecule has 0 radical (unpaired) electrons. The molecule has 0 aliphatic heterocycles. The summed E-state index contributed by atoms with van der Waals surface area (Å²) in [4.78, 5) is 0. The van der Waals surface area contributed by atoms with Gasteiger partial charge < -0.3 is 0 Å². The minimum Gasteiger partial charge on any atom is -0.147 e. The highest BCUT2D eigenvalue weighted by Crippen LogP contribution is 2.28. The van der Waals surface area contributed by atoms with Crippen molar-refractivity contribution in [3.63, 3.8) is 0 Å². The van der Waals surface area contributed by atoms with Crippen LogP contribution in [0.5, 0.6) is 0 Å². The molecule has 0 aromatic heterocycles. The first-order chi connectivity index (χ1) is 8.36. The lowest BCUT2D eigenvalue weighted by molar-refractivity contribution is 1.28. The summed E-state index contributed by atoms with van der Waals surface area (Å²) in [5, 5.41) is 1.20. The number of allylic oxidation sites excluding steroid dienone is 1. The zero-order valence-electron chi connectivity index (χ0n) is 9.90. The van der Waals surface area contributed by atoms with Crippen molar-refractivity contribution >= 4 is 36.9 Å². The smallest absolute Gasteiger partial charge is 0.00723 e. The van der Waals surface area contributed by atoms with Gasteiger partial charge in [-0.3, -0.25) is 0 Å². The topological polar surface area (TPSA) is 0 Å². The molecule has 2 rings (SSSR count). The van der Waals surface area contributed by atoms with E-state index in [9.17, 15) is 0 Å². The van der Waals surface area contributed by atoms with E-state index in [1.165, 1.54) is 22.0 Å².